The van der Waals surface area contributed by atoms with Gasteiger partial charge in [0.15, 0.2) is 0 Å². The third-order valence-corrected chi connectivity index (χ3v) is 3.52. The molecule has 16 heavy (non-hydrogen) atoms. The van der Waals surface area contributed by atoms with Gasteiger partial charge in [0.25, 0.3) is 0 Å². The second-order valence-electron chi connectivity index (χ2n) is 5.20. The van der Waals surface area contributed by atoms with Crippen molar-refractivity contribution in [3.8, 4) is 0 Å². The average Bonchev–Trinajstić information content (AvgIpc) is 2.18. The van der Waals surface area contributed by atoms with Crippen LogP contribution in [-0.4, -0.2) is 16.0 Å². The molecule has 3 heteroatoms. The van der Waals surface area contributed by atoms with Gasteiger partial charge in [-0.15, -0.1) is 0 Å². The number of nitrogens with zero attached hydrogens (tertiary/aromatic N) is 2. The van der Waals surface area contributed by atoms with Gasteiger partial charge >= 0.3 is 0 Å². The lowest BCUT2D eigenvalue weighted by molar-refractivity contribution is 0.167. The topological polar surface area (TPSA) is 37.8 Å². The molecule has 1 fully saturated rings. The van der Waals surface area contributed by atoms with Crippen molar-refractivity contribution in [1.82, 2.24) is 15.3 Å². The maximum absolute atomic E-state index is 4.34. The van der Waals surface area contributed by atoms with E-state index in [9.17, 15) is 0 Å². The van der Waals surface area contributed by atoms with Crippen LogP contribution in [0.15, 0.2) is 12.4 Å². The maximum atomic E-state index is 4.34. The molecule has 0 atom stereocenters. The van der Waals surface area contributed by atoms with Gasteiger partial charge in [0, 0.05) is 25.0 Å². The fourth-order valence-electron chi connectivity index (χ4n) is 2.13. The SMILES string of the molecule is Cc1cnc(CNC2CC(C(C)C)C2)cn1. The highest BCUT2D eigenvalue weighted by Crippen LogP contribution is 2.33. The predicted octanol–water partition coefficient (Wildman–Crippen LogP) is 2.31. The first-order valence-corrected chi connectivity index (χ1v) is 6.16. The number of nitrogens with one attached hydrogen (secondary N) is 1. The molecule has 1 aliphatic rings. The van der Waals surface area contributed by atoms with Crippen molar-refractivity contribution in [3.63, 3.8) is 0 Å². The molecule has 0 saturated heterocycles. The lowest BCUT2D eigenvalue weighted by Crippen LogP contribution is -2.42. The zero-order valence-electron chi connectivity index (χ0n) is 10.4. The summed E-state index contributed by atoms with van der Waals surface area (Å²) in [6, 6.07) is 0.690. The summed E-state index contributed by atoms with van der Waals surface area (Å²) in [6.07, 6.45) is 6.32. The van der Waals surface area contributed by atoms with E-state index in [0.717, 1.165) is 29.8 Å². The third-order valence-electron chi connectivity index (χ3n) is 3.52. The molecule has 0 amide bonds. The smallest absolute Gasteiger partial charge is 0.0724 e. The van der Waals surface area contributed by atoms with Gasteiger partial charge in [0.1, 0.15) is 0 Å². The van der Waals surface area contributed by atoms with E-state index in [1.165, 1.54) is 12.8 Å². The van der Waals surface area contributed by atoms with Crippen LogP contribution in [0.1, 0.15) is 38.1 Å². The molecule has 0 spiro atoms. The van der Waals surface area contributed by atoms with Crippen LogP contribution in [0, 0.1) is 18.8 Å². The molecule has 0 unspecified atom stereocenters. The Labute approximate surface area is 97.7 Å². The van der Waals surface area contributed by atoms with Crippen molar-refractivity contribution in [1.29, 1.82) is 0 Å². The Hall–Kier alpha value is -0.960. The highest BCUT2D eigenvalue weighted by molar-refractivity contribution is 5.01. The minimum atomic E-state index is 0.690. The van der Waals surface area contributed by atoms with Crippen molar-refractivity contribution in [2.75, 3.05) is 0 Å². The second-order valence-corrected chi connectivity index (χ2v) is 5.20. The van der Waals surface area contributed by atoms with Crippen LogP contribution in [0.25, 0.3) is 0 Å². The van der Waals surface area contributed by atoms with Gasteiger partial charge in [-0.25, -0.2) is 0 Å². The summed E-state index contributed by atoms with van der Waals surface area (Å²) in [7, 11) is 0. The highest BCUT2D eigenvalue weighted by atomic mass is 15.0. The van der Waals surface area contributed by atoms with Crippen LogP contribution in [0.3, 0.4) is 0 Å². The Morgan fingerprint density at radius 3 is 2.62 bits per heavy atom. The van der Waals surface area contributed by atoms with Crippen LogP contribution in [0.2, 0.25) is 0 Å². The van der Waals surface area contributed by atoms with Gasteiger partial charge in [-0.3, -0.25) is 9.97 Å². The Bertz CT molecular complexity index is 326. The molecular formula is C13H21N3. The second kappa shape index (κ2) is 4.91. The molecule has 0 aromatic carbocycles. The van der Waals surface area contributed by atoms with Crippen LogP contribution in [0.5, 0.6) is 0 Å². The van der Waals surface area contributed by atoms with Gasteiger partial charge in [-0.1, -0.05) is 13.8 Å². The summed E-state index contributed by atoms with van der Waals surface area (Å²) >= 11 is 0. The monoisotopic (exact) mass is 219 g/mol. The van der Waals surface area contributed by atoms with Gasteiger partial charge in [-0.2, -0.15) is 0 Å². The van der Waals surface area contributed by atoms with Crippen LogP contribution < -0.4 is 5.32 Å². The summed E-state index contributed by atoms with van der Waals surface area (Å²) in [6.45, 7) is 7.44. The number of aromatic nitrogens is 2. The number of hydrogen-bond donors (Lipinski definition) is 1. The van der Waals surface area contributed by atoms with Gasteiger partial charge in [-0.05, 0) is 31.6 Å². The minimum Gasteiger partial charge on any atom is -0.308 e. The van der Waals surface area contributed by atoms with E-state index < -0.39 is 0 Å². The van der Waals surface area contributed by atoms with Crippen LogP contribution in [-0.2, 0) is 6.54 Å². The van der Waals surface area contributed by atoms with Crippen molar-refractivity contribution >= 4 is 0 Å². The largest absolute Gasteiger partial charge is 0.308 e. The summed E-state index contributed by atoms with van der Waals surface area (Å²) in [5.74, 6) is 1.75. The van der Waals surface area contributed by atoms with E-state index >= 15 is 0 Å². The number of hydrogen-bond acceptors (Lipinski definition) is 3. The molecule has 1 aliphatic carbocycles. The van der Waals surface area contributed by atoms with Crippen molar-refractivity contribution in [2.45, 2.75) is 46.2 Å². The first-order chi connectivity index (χ1) is 7.65. The Morgan fingerprint density at radius 1 is 1.31 bits per heavy atom. The standard InChI is InChI=1S/C13H21N3/c1-9(2)11-4-12(5-11)16-8-13-7-14-10(3)6-15-13/h6-7,9,11-12,16H,4-5,8H2,1-3H3. The molecule has 2 rings (SSSR count). The van der Waals surface area contributed by atoms with E-state index in [-0.39, 0.29) is 0 Å². The Kier molecular flexibility index (Phi) is 3.54. The van der Waals surface area contributed by atoms with Crippen molar-refractivity contribution < 1.29 is 0 Å². The molecule has 1 aromatic rings. The van der Waals surface area contributed by atoms with Crippen LogP contribution >= 0.6 is 0 Å². The first-order valence-electron chi connectivity index (χ1n) is 6.16. The molecule has 0 radical (unpaired) electrons. The predicted molar refractivity (Wildman–Crippen MR) is 65.0 cm³/mol. The van der Waals surface area contributed by atoms with Crippen LogP contribution in [0.4, 0.5) is 0 Å². The van der Waals surface area contributed by atoms with E-state index in [1.807, 2.05) is 19.3 Å². The summed E-state index contributed by atoms with van der Waals surface area (Å²) in [5, 5.41) is 3.54. The van der Waals surface area contributed by atoms with E-state index in [2.05, 4.69) is 29.1 Å². The molecule has 0 aliphatic heterocycles. The Morgan fingerprint density at radius 2 is 2.06 bits per heavy atom. The normalized spacial score (nSPS) is 24.5. The zero-order chi connectivity index (χ0) is 11.5. The quantitative estimate of drug-likeness (QED) is 0.844. The molecular weight excluding hydrogens is 198 g/mol. The molecule has 1 N–H and O–H groups in total. The minimum absolute atomic E-state index is 0.690. The molecule has 88 valence electrons. The number of rotatable bonds is 4. The van der Waals surface area contributed by atoms with E-state index in [0.29, 0.717) is 6.04 Å². The van der Waals surface area contributed by atoms with Crippen molar-refractivity contribution in [2.24, 2.45) is 11.8 Å². The highest BCUT2D eigenvalue weighted by Gasteiger charge is 2.30. The fourth-order valence-corrected chi connectivity index (χ4v) is 2.13. The third kappa shape index (κ3) is 2.79. The molecule has 1 saturated carbocycles. The molecule has 0 bridgehead atoms. The van der Waals surface area contributed by atoms with Crippen molar-refractivity contribution in [3.05, 3.63) is 23.8 Å². The Balaban J connectivity index is 1.71. The lowest BCUT2D eigenvalue weighted by Gasteiger charge is -2.38. The number of aryl methyl sites for hydroxylation is 1. The summed E-state index contributed by atoms with van der Waals surface area (Å²) < 4.78 is 0. The van der Waals surface area contributed by atoms with Gasteiger partial charge in [0.05, 0.1) is 11.4 Å². The maximum Gasteiger partial charge on any atom is 0.0724 e. The van der Waals surface area contributed by atoms with E-state index in [1.54, 1.807) is 0 Å². The van der Waals surface area contributed by atoms with Gasteiger partial charge in [0.2, 0.25) is 0 Å². The lowest BCUT2D eigenvalue weighted by atomic mass is 9.74. The molecule has 3 nitrogen and oxygen atoms in total. The summed E-state index contributed by atoms with van der Waals surface area (Å²) in [4.78, 5) is 8.58. The zero-order valence-corrected chi connectivity index (χ0v) is 10.4. The van der Waals surface area contributed by atoms with E-state index in [4.69, 9.17) is 0 Å². The molecule has 1 heterocycles. The molecule has 1 aromatic heterocycles. The average molecular weight is 219 g/mol. The fraction of sp³-hybridized carbons (Fsp3) is 0.692. The van der Waals surface area contributed by atoms with Gasteiger partial charge < -0.3 is 5.32 Å². The first kappa shape index (κ1) is 11.5. The summed E-state index contributed by atoms with van der Waals surface area (Å²) in [5.41, 5.74) is 2.02.